The molecule has 0 aliphatic rings. The summed E-state index contributed by atoms with van der Waals surface area (Å²) in [5.41, 5.74) is 1.45. The van der Waals surface area contributed by atoms with E-state index in [1.807, 2.05) is 60.7 Å². The molecule has 2 aromatic rings. The molecule has 0 radical (unpaired) electrons. The van der Waals surface area contributed by atoms with Crippen molar-refractivity contribution in [3.8, 4) is 0 Å². The van der Waals surface area contributed by atoms with Gasteiger partial charge < -0.3 is 14.2 Å². The van der Waals surface area contributed by atoms with Crippen molar-refractivity contribution in [3.63, 3.8) is 0 Å². The highest BCUT2D eigenvalue weighted by molar-refractivity contribution is 5.95. The minimum Gasteiger partial charge on any atom is -0.460 e. The summed E-state index contributed by atoms with van der Waals surface area (Å²) in [7, 11) is 0. The van der Waals surface area contributed by atoms with Gasteiger partial charge in [0.15, 0.2) is 0 Å². The molecule has 0 fully saturated rings. The number of benzene rings is 2. The van der Waals surface area contributed by atoms with Gasteiger partial charge in [0.25, 0.3) is 0 Å². The fraction of sp³-hybridized carbons (Fsp3) is 0.417. The molecule has 0 aliphatic carbocycles. The van der Waals surface area contributed by atoms with Crippen LogP contribution in [0.15, 0.2) is 60.7 Å². The molecule has 0 aromatic heterocycles. The van der Waals surface area contributed by atoms with Crippen molar-refractivity contribution in [1.82, 2.24) is 0 Å². The SMILES string of the molecule is CC(C)(C)OC(=O)CC(=O)C[C@@H](COCc1ccccc1)OCc1ccccc1. The number of Topliss-reactive ketones (excluding diaryl/α,β-unsaturated/α-hetero) is 1. The standard InChI is InChI=1S/C24H30O5/c1-24(2,3)29-23(26)15-21(25)14-22(28-17-20-12-8-5-9-13-20)18-27-16-19-10-6-4-7-11-19/h4-13,22H,14-18H2,1-3H3/t22-/m0/s1. The van der Waals surface area contributed by atoms with Gasteiger partial charge in [-0.3, -0.25) is 9.59 Å². The van der Waals surface area contributed by atoms with Gasteiger partial charge in [0.2, 0.25) is 0 Å². The molecule has 0 unspecified atom stereocenters. The summed E-state index contributed by atoms with van der Waals surface area (Å²) < 4.78 is 16.9. The Labute approximate surface area is 173 Å². The predicted molar refractivity (Wildman–Crippen MR) is 111 cm³/mol. The first-order valence-electron chi connectivity index (χ1n) is 9.82. The van der Waals surface area contributed by atoms with Gasteiger partial charge in [-0.1, -0.05) is 60.7 Å². The normalized spacial score (nSPS) is 12.4. The zero-order chi connectivity index (χ0) is 21.1. The number of hydrogen-bond acceptors (Lipinski definition) is 5. The molecule has 0 heterocycles. The maximum absolute atomic E-state index is 12.4. The molecule has 2 aromatic carbocycles. The van der Waals surface area contributed by atoms with Crippen molar-refractivity contribution in [2.75, 3.05) is 6.61 Å². The molecule has 0 bridgehead atoms. The Morgan fingerprint density at radius 1 is 0.862 bits per heavy atom. The summed E-state index contributed by atoms with van der Waals surface area (Å²) in [6.45, 7) is 6.41. The lowest BCUT2D eigenvalue weighted by Crippen LogP contribution is -2.28. The van der Waals surface area contributed by atoms with Gasteiger partial charge in [0.1, 0.15) is 17.8 Å². The Bertz CT molecular complexity index is 750. The Balaban J connectivity index is 1.88. The van der Waals surface area contributed by atoms with Gasteiger partial charge >= 0.3 is 5.97 Å². The molecule has 0 amide bonds. The molecule has 0 spiro atoms. The first-order chi connectivity index (χ1) is 13.8. The molecule has 0 saturated carbocycles. The fourth-order valence-electron chi connectivity index (χ4n) is 2.70. The van der Waals surface area contributed by atoms with Crippen LogP contribution in [0.3, 0.4) is 0 Å². The highest BCUT2D eigenvalue weighted by Gasteiger charge is 2.22. The van der Waals surface area contributed by atoms with Crippen molar-refractivity contribution in [1.29, 1.82) is 0 Å². The van der Waals surface area contributed by atoms with E-state index in [9.17, 15) is 9.59 Å². The van der Waals surface area contributed by atoms with E-state index < -0.39 is 17.7 Å². The Morgan fingerprint density at radius 2 is 1.41 bits per heavy atom. The number of ketones is 1. The van der Waals surface area contributed by atoms with Gasteiger partial charge in [-0.15, -0.1) is 0 Å². The van der Waals surface area contributed by atoms with Crippen molar-refractivity contribution in [2.45, 2.75) is 58.5 Å². The van der Waals surface area contributed by atoms with Crippen LogP contribution in [0.1, 0.15) is 44.7 Å². The number of rotatable bonds is 11. The summed E-state index contributed by atoms with van der Waals surface area (Å²) in [4.78, 5) is 24.3. The third-order valence-corrected chi connectivity index (χ3v) is 3.96. The molecule has 0 N–H and O–H groups in total. The predicted octanol–water partition coefficient (Wildman–Crippen LogP) is 4.48. The van der Waals surface area contributed by atoms with Crippen molar-refractivity contribution >= 4 is 11.8 Å². The summed E-state index contributed by atoms with van der Waals surface area (Å²) in [6, 6.07) is 19.5. The van der Waals surface area contributed by atoms with Crippen molar-refractivity contribution < 1.29 is 23.8 Å². The minimum absolute atomic E-state index is 0.0981. The number of carbonyl (C=O) groups excluding carboxylic acids is 2. The third kappa shape index (κ3) is 10.0. The minimum atomic E-state index is -0.612. The van der Waals surface area contributed by atoms with Gasteiger partial charge in [-0.05, 0) is 31.9 Å². The van der Waals surface area contributed by atoms with E-state index >= 15 is 0 Å². The molecule has 5 heteroatoms. The topological polar surface area (TPSA) is 61.8 Å². The summed E-state index contributed by atoms with van der Waals surface area (Å²) in [5.74, 6) is -0.741. The smallest absolute Gasteiger partial charge is 0.313 e. The van der Waals surface area contributed by atoms with Crippen LogP contribution in [0.25, 0.3) is 0 Å². The molecule has 0 aliphatic heterocycles. The Hall–Kier alpha value is -2.50. The summed E-state index contributed by atoms with van der Waals surface area (Å²) >= 11 is 0. The van der Waals surface area contributed by atoms with E-state index in [1.165, 1.54) is 0 Å². The maximum Gasteiger partial charge on any atom is 0.313 e. The zero-order valence-electron chi connectivity index (χ0n) is 17.4. The molecule has 2 rings (SSSR count). The van der Waals surface area contributed by atoms with Gasteiger partial charge in [0, 0.05) is 6.42 Å². The molecule has 156 valence electrons. The fourth-order valence-corrected chi connectivity index (χ4v) is 2.70. The van der Waals surface area contributed by atoms with Gasteiger partial charge in [-0.25, -0.2) is 0 Å². The van der Waals surface area contributed by atoms with Crippen LogP contribution in [-0.4, -0.2) is 30.1 Å². The van der Waals surface area contributed by atoms with Crippen molar-refractivity contribution in [3.05, 3.63) is 71.8 Å². The lowest BCUT2D eigenvalue weighted by Gasteiger charge is -2.20. The molecular formula is C24H30O5. The first-order valence-corrected chi connectivity index (χ1v) is 9.82. The van der Waals surface area contributed by atoms with E-state index in [1.54, 1.807) is 20.8 Å². The molecule has 1 atom stereocenters. The lowest BCUT2D eigenvalue weighted by molar-refractivity contribution is -0.156. The molecule has 29 heavy (non-hydrogen) atoms. The van der Waals surface area contributed by atoms with Crippen LogP contribution in [0, 0.1) is 0 Å². The highest BCUT2D eigenvalue weighted by atomic mass is 16.6. The average Bonchev–Trinajstić information content (AvgIpc) is 2.66. The van der Waals surface area contributed by atoms with Crippen molar-refractivity contribution in [2.24, 2.45) is 0 Å². The highest BCUT2D eigenvalue weighted by Crippen LogP contribution is 2.12. The van der Waals surface area contributed by atoms with Gasteiger partial charge in [-0.2, -0.15) is 0 Å². The second-order valence-electron chi connectivity index (χ2n) is 7.93. The Morgan fingerprint density at radius 3 is 1.97 bits per heavy atom. The Kier molecular flexibility index (Phi) is 9.03. The average molecular weight is 398 g/mol. The number of esters is 1. The molecule has 0 saturated heterocycles. The molecular weight excluding hydrogens is 368 g/mol. The van der Waals surface area contributed by atoms with E-state index in [-0.39, 0.29) is 25.2 Å². The van der Waals surface area contributed by atoms with E-state index in [0.717, 1.165) is 11.1 Å². The molecule has 5 nitrogen and oxygen atoms in total. The van der Waals surface area contributed by atoms with Crippen LogP contribution in [-0.2, 0) is 37.0 Å². The second-order valence-corrected chi connectivity index (χ2v) is 7.93. The van der Waals surface area contributed by atoms with Crippen LogP contribution >= 0.6 is 0 Å². The van der Waals surface area contributed by atoms with E-state index in [2.05, 4.69) is 0 Å². The third-order valence-electron chi connectivity index (χ3n) is 3.96. The number of hydrogen-bond donors (Lipinski definition) is 0. The van der Waals surface area contributed by atoms with Gasteiger partial charge in [0.05, 0.1) is 25.9 Å². The largest absolute Gasteiger partial charge is 0.460 e. The summed E-state index contributed by atoms with van der Waals surface area (Å²) in [6.07, 6.45) is -0.601. The monoisotopic (exact) mass is 398 g/mol. The number of ether oxygens (including phenoxy) is 3. The van der Waals surface area contributed by atoms with Crippen LogP contribution < -0.4 is 0 Å². The van der Waals surface area contributed by atoms with Crippen LogP contribution in [0.4, 0.5) is 0 Å². The second kappa shape index (κ2) is 11.5. The van der Waals surface area contributed by atoms with Crippen LogP contribution in [0.2, 0.25) is 0 Å². The lowest BCUT2D eigenvalue weighted by atomic mass is 10.1. The van der Waals surface area contributed by atoms with Crippen LogP contribution in [0.5, 0.6) is 0 Å². The zero-order valence-corrected chi connectivity index (χ0v) is 17.4. The quantitative estimate of drug-likeness (QED) is 0.413. The van der Waals surface area contributed by atoms with E-state index in [4.69, 9.17) is 14.2 Å². The summed E-state index contributed by atoms with van der Waals surface area (Å²) in [5, 5.41) is 0. The van der Waals surface area contributed by atoms with E-state index in [0.29, 0.717) is 13.2 Å². The first kappa shape index (κ1) is 22.8. The number of carbonyl (C=O) groups is 2. The maximum atomic E-state index is 12.4.